The number of aromatic amines is 1. The number of aromatic nitrogens is 3. The van der Waals surface area contributed by atoms with Gasteiger partial charge in [0, 0.05) is 32.7 Å². The molecular weight excluding hydrogens is 230 g/mol. The van der Waals surface area contributed by atoms with Crippen LogP contribution >= 0.6 is 0 Å². The number of piperidine rings is 1. The van der Waals surface area contributed by atoms with E-state index in [1.807, 2.05) is 13.8 Å². The smallest absolute Gasteiger partial charge is 0.244 e. The van der Waals surface area contributed by atoms with Crippen molar-refractivity contribution in [3.8, 4) is 0 Å². The van der Waals surface area contributed by atoms with Gasteiger partial charge in [-0.15, -0.1) is 5.10 Å². The number of hydrogen-bond donors (Lipinski definition) is 2. The normalized spacial score (nSPS) is 21.3. The fraction of sp³-hybridized carbons (Fsp3) is 0.833. The third kappa shape index (κ3) is 3.20. The highest BCUT2D eigenvalue weighted by atomic mass is 16.5. The first-order chi connectivity index (χ1) is 8.50. The molecular formula is C12H23N5O. The molecule has 0 saturated carbocycles. The van der Waals surface area contributed by atoms with Crippen molar-refractivity contribution in [2.45, 2.75) is 44.8 Å². The molecule has 1 aromatic heterocycles. The highest BCUT2D eigenvalue weighted by Crippen LogP contribution is 2.18. The van der Waals surface area contributed by atoms with Crippen LogP contribution in [0.15, 0.2) is 0 Å². The van der Waals surface area contributed by atoms with E-state index < -0.39 is 0 Å². The molecule has 102 valence electrons. The van der Waals surface area contributed by atoms with Crippen molar-refractivity contribution >= 4 is 5.95 Å². The van der Waals surface area contributed by atoms with Gasteiger partial charge in [-0.05, 0) is 26.7 Å². The Morgan fingerprint density at radius 3 is 3.00 bits per heavy atom. The average Bonchev–Trinajstić information content (AvgIpc) is 2.77. The third-order valence-corrected chi connectivity index (χ3v) is 3.41. The third-order valence-electron chi connectivity index (χ3n) is 3.41. The van der Waals surface area contributed by atoms with Crippen LogP contribution in [0.2, 0.25) is 0 Å². The lowest BCUT2D eigenvalue weighted by atomic mass is 10.1. The lowest BCUT2D eigenvalue weighted by Gasteiger charge is -2.29. The number of hydrogen-bond acceptors (Lipinski definition) is 5. The molecule has 18 heavy (non-hydrogen) atoms. The molecule has 0 amide bonds. The van der Waals surface area contributed by atoms with Crippen molar-refractivity contribution in [3.63, 3.8) is 0 Å². The molecule has 1 aliphatic rings. The molecule has 1 atom stereocenters. The van der Waals surface area contributed by atoms with E-state index in [1.165, 1.54) is 0 Å². The summed E-state index contributed by atoms with van der Waals surface area (Å²) >= 11 is 0. The predicted octanol–water partition coefficient (Wildman–Crippen LogP) is 0.700. The van der Waals surface area contributed by atoms with Gasteiger partial charge in [0.25, 0.3) is 0 Å². The van der Waals surface area contributed by atoms with E-state index in [0.29, 0.717) is 0 Å². The number of methoxy groups -OCH3 is 1. The molecule has 0 spiro atoms. The van der Waals surface area contributed by atoms with Crippen LogP contribution in [-0.2, 0) is 11.2 Å². The highest BCUT2D eigenvalue weighted by Gasteiger charge is 2.23. The molecule has 2 heterocycles. The molecule has 6 nitrogen and oxygen atoms in total. The van der Waals surface area contributed by atoms with Crippen molar-refractivity contribution < 1.29 is 4.74 Å². The zero-order valence-electron chi connectivity index (χ0n) is 11.4. The summed E-state index contributed by atoms with van der Waals surface area (Å²) in [6, 6.07) is 0.233. The quantitative estimate of drug-likeness (QED) is 0.825. The number of nitrogens with one attached hydrogen (secondary N) is 1. The van der Waals surface area contributed by atoms with Crippen LogP contribution in [0.25, 0.3) is 0 Å². The maximum absolute atomic E-state index is 5.97. The molecule has 0 bridgehead atoms. The Morgan fingerprint density at radius 2 is 2.33 bits per heavy atom. The van der Waals surface area contributed by atoms with Gasteiger partial charge >= 0.3 is 0 Å². The summed E-state index contributed by atoms with van der Waals surface area (Å²) in [5, 5.41) is 7.26. The maximum Gasteiger partial charge on any atom is 0.244 e. The number of H-pyrrole nitrogens is 1. The van der Waals surface area contributed by atoms with Crippen molar-refractivity contribution in [1.82, 2.24) is 15.2 Å². The SMILES string of the molecule is COC(C)(C)Cc1nc(N2CCCC(N)C2)n[nH]1. The van der Waals surface area contributed by atoms with E-state index in [1.54, 1.807) is 7.11 Å². The number of nitrogens with zero attached hydrogens (tertiary/aromatic N) is 3. The lowest BCUT2D eigenvalue weighted by molar-refractivity contribution is 0.0216. The van der Waals surface area contributed by atoms with Gasteiger partial charge in [0.15, 0.2) is 0 Å². The van der Waals surface area contributed by atoms with Gasteiger partial charge in [-0.25, -0.2) is 0 Å². The van der Waals surface area contributed by atoms with Crippen LogP contribution in [-0.4, -0.2) is 47.0 Å². The summed E-state index contributed by atoms with van der Waals surface area (Å²) in [6.45, 7) is 5.89. The van der Waals surface area contributed by atoms with Crippen LogP contribution in [0.1, 0.15) is 32.5 Å². The van der Waals surface area contributed by atoms with Crippen LogP contribution < -0.4 is 10.6 Å². The Morgan fingerprint density at radius 1 is 1.56 bits per heavy atom. The monoisotopic (exact) mass is 253 g/mol. The molecule has 1 saturated heterocycles. The minimum absolute atomic E-state index is 0.227. The van der Waals surface area contributed by atoms with E-state index >= 15 is 0 Å². The average molecular weight is 253 g/mol. The van der Waals surface area contributed by atoms with Crippen molar-refractivity contribution in [2.24, 2.45) is 5.73 Å². The Labute approximate surface area is 108 Å². The Balaban J connectivity index is 2.01. The second-order valence-electron chi connectivity index (χ2n) is 5.57. The summed E-state index contributed by atoms with van der Waals surface area (Å²) in [4.78, 5) is 6.67. The fourth-order valence-electron chi connectivity index (χ4n) is 2.17. The first kappa shape index (κ1) is 13.3. The van der Waals surface area contributed by atoms with E-state index in [-0.39, 0.29) is 11.6 Å². The topological polar surface area (TPSA) is 80.1 Å². The van der Waals surface area contributed by atoms with E-state index in [4.69, 9.17) is 10.5 Å². The number of nitrogens with two attached hydrogens (primary N) is 1. The molecule has 3 N–H and O–H groups in total. The zero-order valence-corrected chi connectivity index (χ0v) is 11.4. The minimum Gasteiger partial charge on any atom is -0.378 e. The van der Waals surface area contributed by atoms with Crippen LogP contribution in [0.4, 0.5) is 5.95 Å². The fourth-order valence-corrected chi connectivity index (χ4v) is 2.17. The summed E-state index contributed by atoms with van der Waals surface area (Å²) in [5.41, 5.74) is 5.74. The molecule has 1 aliphatic heterocycles. The minimum atomic E-state index is -0.227. The van der Waals surface area contributed by atoms with E-state index in [9.17, 15) is 0 Å². The largest absolute Gasteiger partial charge is 0.378 e. The van der Waals surface area contributed by atoms with Gasteiger partial charge in [0.2, 0.25) is 5.95 Å². The standard InChI is InChI=1S/C12H23N5O/c1-12(2,18-3)7-10-14-11(16-15-10)17-6-4-5-9(13)8-17/h9H,4-8,13H2,1-3H3,(H,14,15,16). The van der Waals surface area contributed by atoms with E-state index in [2.05, 4.69) is 20.1 Å². The number of anilines is 1. The Bertz CT molecular complexity index is 390. The van der Waals surface area contributed by atoms with Crippen LogP contribution in [0, 0.1) is 0 Å². The molecule has 0 aromatic carbocycles. The second kappa shape index (κ2) is 5.24. The van der Waals surface area contributed by atoms with Gasteiger partial charge < -0.3 is 15.4 Å². The maximum atomic E-state index is 5.97. The molecule has 0 aliphatic carbocycles. The molecule has 2 rings (SSSR count). The molecule has 6 heteroatoms. The zero-order chi connectivity index (χ0) is 13.2. The van der Waals surface area contributed by atoms with Crippen molar-refractivity contribution in [3.05, 3.63) is 5.82 Å². The van der Waals surface area contributed by atoms with Crippen molar-refractivity contribution in [1.29, 1.82) is 0 Å². The molecule has 0 radical (unpaired) electrons. The number of rotatable bonds is 4. The van der Waals surface area contributed by atoms with Gasteiger partial charge in [-0.1, -0.05) is 0 Å². The first-order valence-electron chi connectivity index (χ1n) is 6.47. The first-order valence-corrected chi connectivity index (χ1v) is 6.47. The summed E-state index contributed by atoms with van der Waals surface area (Å²) in [5.74, 6) is 1.61. The molecule has 1 fully saturated rings. The summed E-state index contributed by atoms with van der Waals surface area (Å²) in [6.07, 6.45) is 2.91. The van der Waals surface area contributed by atoms with Crippen molar-refractivity contribution in [2.75, 3.05) is 25.1 Å². The number of ether oxygens (including phenoxy) is 1. The highest BCUT2D eigenvalue weighted by molar-refractivity contribution is 5.30. The predicted molar refractivity (Wildman–Crippen MR) is 70.6 cm³/mol. The lowest BCUT2D eigenvalue weighted by Crippen LogP contribution is -2.43. The summed E-state index contributed by atoms with van der Waals surface area (Å²) in [7, 11) is 1.71. The Kier molecular flexibility index (Phi) is 3.87. The van der Waals surface area contributed by atoms with Gasteiger partial charge in [0.05, 0.1) is 5.60 Å². The van der Waals surface area contributed by atoms with Gasteiger partial charge in [-0.2, -0.15) is 4.98 Å². The van der Waals surface area contributed by atoms with Gasteiger partial charge in [0.1, 0.15) is 5.82 Å². The molecule has 1 aromatic rings. The summed E-state index contributed by atoms with van der Waals surface area (Å²) < 4.78 is 5.39. The Hall–Kier alpha value is -1.14. The molecule has 1 unspecified atom stereocenters. The van der Waals surface area contributed by atoms with Crippen LogP contribution in [0.3, 0.4) is 0 Å². The van der Waals surface area contributed by atoms with Crippen LogP contribution in [0.5, 0.6) is 0 Å². The second-order valence-corrected chi connectivity index (χ2v) is 5.57. The van der Waals surface area contributed by atoms with Gasteiger partial charge in [-0.3, -0.25) is 5.10 Å². The van der Waals surface area contributed by atoms with E-state index in [0.717, 1.165) is 44.1 Å².